The predicted octanol–water partition coefficient (Wildman–Crippen LogP) is -1.59. The summed E-state index contributed by atoms with van der Waals surface area (Å²) < 4.78 is 0. The van der Waals surface area contributed by atoms with Gasteiger partial charge in [-0.25, -0.2) is 9.59 Å². The van der Waals surface area contributed by atoms with Gasteiger partial charge in [-0.3, -0.25) is 0 Å². The van der Waals surface area contributed by atoms with Crippen molar-refractivity contribution in [2.45, 2.75) is 0 Å². The van der Waals surface area contributed by atoms with Gasteiger partial charge in [0.15, 0.2) is 0 Å². The van der Waals surface area contributed by atoms with Crippen molar-refractivity contribution < 1.29 is 19.8 Å². The van der Waals surface area contributed by atoms with Crippen molar-refractivity contribution in [1.29, 1.82) is 0 Å². The second kappa shape index (κ2) is 8.87. The summed E-state index contributed by atoms with van der Waals surface area (Å²) in [6.45, 7) is 0. The average molecular weight is 132 g/mol. The van der Waals surface area contributed by atoms with Crippen molar-refractivity contribution in [3.05, 3.63) is 12.2 Å². The van der Waals surface area contributed by atoms with Crippen LogP contribution in [0.3, 0.4) is 0 Å². The molecule has 0 heterocycles. The van der Waals surface area contributed by atoms with Gasteiger partial charge in [-0.2, -0.15) is 0 Å². The van der Waals surface area contributed by atoms with Gasteiger partial charge in [-0.1, -0.05) is 0 Å². The molecule has 0 bridgehead atoms. The number of carboxylic acid groups (broad SMARTS) is 2. The molecule has 0 radical (unpaired) electrons. The first kappa shape index (κ1) is 16.5. The van der Waals surface area contributed by atoms with Crippen molar-refractivity contribution in [2.24, 2.45) is 0 Å². The Balaban J connectivity index is -0.000000245. The van der Waals surface area contributed by atoms with Gasteiger partial charge < -0.3 is 10.2 Å². The first-order chi connectivity index (χ1) is 3.63. The third-order valence-electron chi connectivity index (χ3n) is 0.368. The molecule has 0 spiro atoms. The number of carbonyl (C=O) groups is 2. The van der Waals surface area contributed by atoms with E-state index in [0.29, 0.717) is 12.2 Å². The first-order valence-corrected chi connectivity index (χ1v) is 1.77. The van der Waals surface area contributed by atoms with Gasteiger partial charge in [0.2, 0.25) is 0 Å². The summed E-state index contributed by atoms with van der Waals surface area (Å²) >= 11 is 0. The van der Waals surface area contributed by atoms with Crippen molar-refractivity contribution in [3.8, 4) is 0 Å². The molecule has 0 amide bonds. The van der Waals surface area contributed by atoms with Gasteiger partial charge in [0, 0.05) is 12.2 Å². The normalized spacial score (nSPS) is 7.60. The molecule has 0 saturated heterocycles. The van der Waals surface area contributed by atoms with Gasteiger partial charge in [-0.05, 0) is 0 Å². The number of carboxylic acids is 2. The van der Waals surface area contributed by atoms with E-state index in [2.05, 4.69) is 0 Å². The van der Waals surface area contributed by atoms with Crippen LogP contribution < -0.4 is 0 Å². The van der Waals surface area contributed by atoms with E-state index in [1.165, 1.54) is 0 Å². The zero-order valence-electron chi connectivity index (χ0n) is 3.87. The second-order valence-corrected chi connectivity index (χ2v) is 1.01. The summed E-state index contributed by atoms with van der Waals surface area (Å²) in [4.78, 5) is 19.1. The molecular formula is C4H6Li2O4. The van der Waals surface area contributed by atoms with Gasteiger partial charge in [0.05, 0.1) is 0 Å². The summed E-state index contributed by atoms with van der Waals surface area (Å²) in [5, 5.41) is 15.6. The van der Waals surface area contributed by atoms with E-state index in [4.69, 9.17) is 10.2 Å². The fourth-order valence-electron chi connectivity index (χ4n) is 0.143. The van der Waals surface area contributed by atoms with E-state index in [9.17, 15) is 9.59 Å². The monoisotopic (exact) mass is 132 g/mol. The molecule has 0 saturated carbocycles. The van der Waals surface area contributed by atoms with Crippen molar-refractivity contribution in [2.75, 3.05) is 0 Å². The Morgan fingerprint density at radius 2 is 1.10 bits per heavy atom. The molecule has 48 valence electrons. The second-order valence-electron chi connectivity index (χ2n) is 1.01. The van der Waals surface area contributed by atoms with Crippen LogP contribution in [0.2, 0.25) is 0 Å². The fourth-order valence-corrected chi connectivity index (χ4v) is 0.143. The van der Waals surface area contributed by atoms with Crippen LogP contribution in [0.1, 0.15) is 0 Å². The van der Waals surface area contributed by atoms with E-state index in [0.717, 1.165) is 0 Å². The van der Waals surface area contributed by atoms with Gasteiger partial charge in [-0.15, -0.1) is 0 Å². The van der Waals surface area contributed by atoms with Crippen LogP contribution in [0.15, 0.2) is 12.2 Å². The van der Waals surface area contributed by atoms with Gasteiger partial charge in [0.25, 0.3) is 0 Å². The zero-order chi connectivity index (χ0) is 6.57. The molecule has 0 aromatic heterocycles. The molecule has 0 aromatic carbocycles. The van der Waals surface area contributed by atoms with E-state index in [1.807, 2.05) is 0 Å². The number of rotatable bonds is 2. The summed E-state index contributed by atoms with van der Waals surface area (Å²) in [7, 11) is 0. The SMILES string of the molecule is O=C(O)/C=C\C(=O)O.[LiH].[LiH]. The summed E-state index contributed by atoms with van der Waals surface area (Å²) in [5.41, 5.74) is 0. The Morgan fingerprint density at radius 3 is 1.20 bits per heavy atom. The molecule has 0 fully saturated rings. The van der Waals surface area contributed by atoms with E-state index in [1.54, 1.807) is 0 Å². The Labute approximate surface area is 81.7 Å². The molecule has 2 N–H and O–H groups in total. The summed E-state index contributed by atoms with van der Waals surface area (Å²) in [6.07, 6.45) is 1.12. The minimum absolute atomic E-state index is 0. The van der Waals surface area contributed by atoms with Gasteiger partial charge in [0.1, 0.15) is 0 Å². The van der Waals surface area contributed by atoms with Crippen LogP contribution in [0.5, 0.6) is 0 Å². The Morgan fingerprint density at radius 1 is 0.900 bits per heavy atom. The molecule has 4 nitrogen and oxygen atoms in total. The third-order valence-corrected chi connectivity index (χ3v) is 0.368. The molecule has 0 aromatic rings. The quantitative estimate of drug-likeness (QED) is 0.351. The maximum atomic E-state index is 9.55. The first-order valence-electron chi connectivity index (χ1n) is 1.77. The van der Waals surface area contributed by atoms with Crippen LogP contribution in [0.4, 0.5) is 0 Å². The summed E-state index contributed by atoms with van der Waals surface area (Å²) in [6, 6.07) is 0. The third kappa shape index (κ3) is 15.7. The van der Waals surface area contributed by atoms with Crippen LogP contribution in [-0.2, 0) is 9.59 Å². The molecule has 0 unspecified atom stereocenters. The molecule has 0 aliphatic heterocycles. The molecule has 0 aliphatic carbocycles. The van der Waals surface area contributed by atoms with Crippen molar-refractivity contribution in [1.82, 2.24) is 0 Å². The number of hydrogen-bond acceptors (Lipinski definition) is 2. The number of hydrogen-bond donors (Lipinski definition) is 2. The molecule has 6 heteroatoms. The Bertz CT molecular complexity index is 126. The standard InChI is InChI=1S/C4H4O4.2Li.2H/c5-3(6)1-2-4(7)8;;;;/h1-2H,(H,5,6)(H,7,8);;;;/b2-1-;;;;. The van der Waals surface area contributed by atoms with E-state index < -0.39 is 11.9 Å². The Kier molecular flexibility index (Phi) is 14.6. The average Bonchev–Trinajstić information content (AvgIpc) is 1.61. The minimum atomic E-state index is -1.26. The number of aliphatic carboxylic acids is 2. The van der Waals surface area contributed by atoms with Crippen molar-refractivity contribution in [3.63, 3.8) is 0 Å². The van der Waals surface area contributed by atoms with Crippen LogP contribution in [0.25, 0.3) is 0 Å². The summed E-state index contributed by atoms with van der Waals surface area (Å²) in [5.74, 6) is -2.51. The van der Waals surface area contributed by atoms with Crippen LogP contribution in [-0.4, -0.2) is 59.9 Å². The molecule has 10 heavy (non-hydrogen) atoms. The van der Waals surface area contributed by atoms with E-state index in [-0.39, 0.29) is 37.7 Å². The Hall–Kier alpha value is -0.125. The molecular weight excluding hydrogens is 126 g/mol. The molecule has 0 rings (SSSR count). The maximum absolute atomic E-state index is 9.55. The van der Waals surface area contributed by atoms with Crippen LogP contribution >= 0.6 is 0 Å². The predicted molar refractivity (Wildman–Crippen MR) is 38.7 cm³/mol. The van der Waals surface area contributed by atoms with Gasteiger partial charge >= 0.3 is 49.7 Å². The zero-order valence-corrected chi connectivity index (χ0v) is 3.87. The fraction of sp³-hybridized carbons (Fsp3) is 0. The van der Waals surface area contributed by atoms with E-state index >= 15 is 0 Å². The van der Waals surface area contributed by atoms with Crippen molar-refractivity contribution >= 4 is 49.7 Å². The molecule has 0 aliphatic rings. The topological polar surface area (TPSA) is 74.6 Å². The molecule has 0 atom stereocenters. The van der Waals surface area contributed by atoms with Crippen LogP contribution in [0, 0.1) is 0 Å².